The van der Waals surface area contributed by atoms with E-state index in [-0.39, 0.29) is 10.9 Å². The molecule has 2 aromatic rings. The van der Waals surface area contributed by atoms with E-state index in [0.717, 1.165) is 25.0 Å². The third kappa shape index (κ3) is 3.28. The number of hydrogen-bond donors (Lipinski definition) is 1. The van der Waals surface area contributed by atoms with Gasteiger partial charge in [0.1, 0.15) is 5.82 Å². The van der Waals surface area contributed by atoms with Gasteiger partial charge in [-0.25, -0.2) is 12.8 Å². The molecule has 2 heterocycles. The summed E-state index contributed by atoms with van der Waals surface area (Å²) < 4.78 is 46.8. The maximum atomic E-state index is 12.9. The Balaban J connectivity index is 1.75. The lowest BCUT2D eigenvalue weighted by Gasteiger charge is -2.22. The number of aromatic nitrogens is 2. The predicted octanol–water partition coefficient (Wildman–Crippen LogP) is 2.17. The highest BCUT2D eigenvalue weighted by atomic mass is 32.2. The van der Waals surface area contributed by atoms with Crippen molar-refractivity contribution in [2.24, 2.45) is 0 Å². The van der Waals surface area contributed by atoms with Crippen molar-refractivity contribution < 1.29 is 17.5 Å². The molecule has 0 bridgehead atoms. The zero-order valence-corrected chi connectivity index (χ0v) is 12.6. The molecule has 0 atom stereocenters. The SMILES string of the molecule is O=S(=O)(Nc1cnn(C2CCOCC2)c1)c1ccc(F)cc1. The van der Waals surface area contributed by atoms with E-state index in [2.05, 4.69) is 9.82 Å². The molecule has 8 heteroatoms. The summed E-state index contributed by atoms with van der Waals surface area (Å²) >= 11 is 0. The van der Waals surface area contributed by atoms with Gasteiger partial charge in [-0.2, -0.15) is 5.10 Å². The van der Waals surface area contributed by atoms with Crippen molar-refractivity contribution >= 4 is 15.7 Å². The highest BCUT2D eigenvalue weighted by molar-refractivity contribution is 7.92. The van der Waals surface area contributed by atoms with E-state index in [4.69, 9.17) is 4.74 Å². The van der Waals surface area contributed by atoms with Gasteiger partial charge >= 0.3 is 0 Å². The van der Waals surface area contributed by atoms with Gasteiger partial charge in [0, 0.05) is 19.4 Å². The molecule has 0 amide bonds. The summed E-state index contributed by atoms with van der Waals surface area (Å²) in [6.07, 6.45) is 4.84. The number of nitrogens with one attached hydrogen (secondary N) is 1. The molecular weight excluding hydrogens is 309 g/mol. The molecule has 1 saturated heterocycles. The minimum absolute atomic E-state index is 0.00714. The lowest BCUT2D eigenvalue weighted by molar-refractivity contribution is 0.0662. The molecule has 1 aliphatic heterocycles. The highest BCUT2D eigenvalue weighted by Crippen LogP contribution is 2.22. The van der Waals surface area contributed by atoms with Gasteiger partial charge in [0.05, 0.1) is 22.8 Å². The Morgan fingerprint density at radius 3 is 2.59 bits per heavy atom. The second-order valence-corrected chi connectivity index (χ2v) is 6.79. The Labute approximate surface area is 128 Å². The van der Waals surface area contributed by atoms with Crippen LogP contribution in [0.25, 0.3) is 0 Å². The second kappa shape index (κ2) is 6.05. The molecule has 1 aliphatic rings. The van der Waals surface area contributed by atoms with Crippen LogP contribution in [0.1, 0.15) is 18.9 Å². The Bertz CT molecular complexity index is 737. The van der Waals surface area contributed by atoms with Crippen molar-refractivity contribution in [2.75, 3.05) is 17.9 Å². The Morgan fingerprint density at radius 2 is 1.91 bits per heavy atom. The molecule has 22 heavy (non-hydrogen) atoms. The highest BCUT2D eigenvalue weighted by Gasteiger charge is 2.19. The molecule has 0 radical (unpaired) electrons. The fourth-order valence-electron chi connectivity index (χ4n) is 2.37. The maximum absolute atomic E-state index is 12.9. The summed E-state index contributed by atoms with van der Waals surface area (Å²) in [6, 6.07) is 4.89. The quantitative estimate of drug-likeness (QED) is 0.935. The number of sulfonamides is 1. The molecule has 0 spiro atoms. The molecule has 118 valence electrons. The molecule has 0 unspecified atom stereocenters. The van der Waals surface area contributed by atoms with Gasteiger partial charge in [-0.05, 0) is 37.1 Å². The van der Waals surface area contributed by atoms with E-state index in [9.17, 15) is 12.8 Å². The van der Waals surface area contributed by atoms with Crippen molar-refractivity contribution in [3.63, 3.8) is 0 Å². The Morgan fingerprint density at radius 1 is 1.23 bits per heavy atom. The van der Waals surface area contributed by atoms with Crippen LogP contribution in [-0.2, 0) is 14.8 Å². The summed E-state index contributed by atoms with van der Waals surface area (Å²) in [4.78, 5) is 0.00714. The number of benzene rings is 1. The third-order valence-corrected chi connectivity index (χ3v) is 4.94. The molecule has 1 aromatic heterocycles. The van der Waals surface area contributed by atoms with E-state index < -0.39 is 15.8 Å². The maximum Gasteiger partial charge on any atom is 0.261 e. The fourth-order valence-corrected chi connectivity index (χ4v) is 3.40. The summed E-state index contributed by atoms with van der Waals surface area (Å²) in [6.45, 7) is 1.36. The van der Waals surface area contributed by atoms with Crippen molar-refractivity contribution in [1.29, 1.82) is 0 Å². The van der Waals surface area contributed by atoms with Crippen molar-refractivity contribution in [2.45, 2.75) is 23.8 Å². The first-order valence-electron chi connectivity index (χ1n) is 6.95. The van der Waals surface area contributed by atoms with Crippen LogP contribution in [0.15, 0.2) is 41.6 Å². The zero-order chi connectivity index (χ0) is 15.6. The van der Waals surface area contributed by atoms with E-state index in [1.54, 1.807) is 10.9 Å². The first kappa shape index (κ1) is 15.0. The lowest BCUT2D eigenvalue weighted by Crippen LogP contribution is -2.19. The van der Waals surface area contributed by atoms with Crippen LogP contribution >= 0.6 is 0 Å². The van der Waals surface area contributed by atoms with Gasteiger partial charge in [-0.1, -0.05) is 0 Å². The van der Waals surface area contributed by atoms with Crippen LogP contribution in [0.2, 0.25) is 0 Å². The molecule has 1 fully saturated rings. The van der Waals surface area contributed by atoms with Crippen molar-refractivity contribution in [3.8, 4) is 0 Å². The lowest BCUT2D eigenvalue weighted by atomic mass is 10.1. The van der Waals surface area contributed by atoms with E-state index >= 15 is 0 Å². The van der Waals surface area contributed by atoms with Crippen LogP contribution in [0.5, 0.6) is 0 Å². The normalized spacial score (nSPS) is 16.6. The minimum atomic E-state index is -3.74. The van der Waals surface area contributed by atoms with Gasteiger partial charge in [-0.3, -0.25) is 9.40 Å². The van der Waals surface area contributed by atoms with Crippen LogP contribution < -0.4 is 4.72 Å². The van der Waals surface area contributed by atoms with E-state index in [0.29, 0.717) is 18.9 Å². The molecule has 6 nitrogen and oxygen atoms in total. The van der Waals surface area contributed by atoms with E-state index in [1.807, 2.05) is 0 Å². The van der Waals surface area contributed by atoms with Crippen LogP contribution in [0, 0.1) is 5.82 Å². The standard InChI is InChI=1S/C14H16FN3O3S/c15-11-1-3-14(4-2-11)22(19,20)17-12-9-16-18(10-12)13-5-7-21-8-6-13/h1-4,9-10,13,17H,5-8H2. The Kier molecular flexibility index (Phi) is 4.12. The molecule has 1 aromatic carbocycles. The van der Waals surface area contributed by atoms with Crippen LogP contribution in [0.4, 0.5) is 10.1 Å². The number of nitrogens with zero attached hydrogens (tertiary/aromatic N) is 2. The van der Waals surface area contributed by atoms with Gasteiger partial charge < -0.3 is 4.74 Å². The van der Waals surface area contributed by atoms with Crippen molar-refractivity contribution in [3.05, 3.63) is 42.5 Å². The molecule has 0 saturated carbocycles. The topological polar surface area (TPSA) is 73.2 Å². The molecule has 1 N–H and O–H groups in total. The van der Waals surface area contributed by atoms with Gasteiger partial charge in [0.25, 0.3) is 10.0 Å². The smallest absolute Gasteiger partial charge is 0.261 e. The Hall–Kier alpha value is -1.93. The van der Waals surface area contributed by atoms with Crippen LogP contribution in [-0.4, -0.2) is 31.4 Å². The largest absolute Gasteiger partial charge is 0.381 e. The van der Waals surface area contributed by atoms with Gasteiger partial charge in [0.15, 0.2) is 0 Å². The number of hydrogen-bond acceptors (Lipinski definition) is 4. The average Bonchev–Trinajstić information content (AvgIpc) is 2.96. The first-order valence-corrected chi connectivity index (χ1v) is 8.43. The molecular formula is C14H16FN3O3S. The summed E-state index contributed by atoms with van der Waals surface area (Å²) in [5, 5.41) is 4.21. The first-order chi connectivity index (χ1) is 10.5. The number of halogens is 1. The van der Waals surface area contributed by atoms with E-state index in [1.165, 1.54) is 18.3 Å². The molecule has 3 rings (SSSR count). The summed E-state index contributed by atoms with van der Waals surface area (Å²) in [5.74, 6) is -0.480. The fraction of sp³-hybridized carbons (Fsp3) is 0.357. The molecule has 0 aliphatic carbocycles. The summed E-state index contributed by atoms with van der Waals surface area (Å²) in [7, 11) is -3.74. The average molecular weight is 325 g/mol. The minimum Gasteiger partial charge on any atom is -0.381 e. The monoisotopic (exact) mass is 325 g/mol. The second-order valence-electron chi connectivity index (χ2n) is 5.11. The summed E-state index contributed by atoms with van der Waals surface area (Å²) in [5.41, 5.74) is 0.385. The zero-order valence-electron chi connectivity index (χ0n) is 11.8. The van der Waals surface area contributed by atoms with Crippen molar-refractivity contribution in [1.82, 2.24) is 9.78 Å². The number of rotatable bonds is 4. The van der Waals surface area contributed by atoms with Crippen LogP contribution in [0.3, 0.4) is 0 Å². The van der Waals surface area contributed by atoms with Gasteiger partial charge in [-0.15, -0.1) is 0 Å². The number of anilines is 1. The van der Waals surface area contributed by atoms with Gasteiger partial charge in [0.2, 0.25) is 0 Å². The number of ether oxygens (including phenoxy) is 1. The third-order valence-electron chi connectivity index (χ3n) is 3.54. The predicted molar refractivity (Wildman–Crippen MR) is 78.5 cm³/mol.